The van der Waals surface area contributed by atoms with Crippen molar-refractivity contribution in [1.29, 1.82) is 0 Å². The van der Waals surface area contributed by atoms with Crippen molar-refractivity contribution in [3.8, 4) is 0 Å². The third kappa shape index (κ3) is 11.3. The van der Waals surface area contributed by atoms with E-state index in [1.807, 2.05) is 13.8 Å². The molecule has 0 rings (SSSR count). The van der Waals surface area contributed by atoms with E-state index in [1.54, 1.807) is 5.57 Å². The number of hydrogen-bond donors (Lipinski definition) is 1. The molecule has 0 aliphatic carbocycles. The van der Waals surface area contributed by atoms with Gasteiger partial charge in [0, 0.05) is 0 Å². The Morgan fingerprint density at radius 2 is 1.55 bits per heavy atom. The molecule has 0 heterocycles. The lowest BCUT2D eigenvalue weighted by molar-refractivity contribution is 0.0480. The molecule has 0 amide bonds. The Morgan fingerprint density at radius 3 is 2.15 bits per heavy atom. The van der Waals surface area contributed by atoms with Crippen molar-refractivity contribution in [2.45, 2.75) is 98.0 Å². The molecule has 0 radical (unpaired) electrons. The quantitative estimate of drug-likeness (QED) is 0.354. The molecule has 1 atom stereocenters. The van der Waals surface area contributed by atoms with Crippen molar-refractivity contribution in [3.63, 3.8) is 0 Å². The second-order valence-electron chi connectivity index (χ2n) is 6.49. The maximum Gasteiger partial charge on any atom is 0.0620 e. The monoisotopic (exact) mass is 280 g/mol. The lowest BCUT2D eigenvalue weighted by Gasteiger charge is -2.20. The summed E-state index contributed by atoms with van der Waals surface area (Å²) in [4.78, 5) is 0. The van der Waals surface area contributed by atoms with Crippen molar-refractivity contribution in [2.24, 2.45) is 0 Å². The molecule has 0 saturated heterocycles. The van der Waals surface area contributed by atoms with Crippen LogP contribution < -0.4 is 0 Å². The summed E-state index contributed by atoms with van der Waals surface area (Å²) in [7, 11) is 0. The molecular formula is C19H36O. The van der Waals surface area contributed by atoms with Gasteiger partial charge in [-0.1, -0.05) is 50.0 Å². The van der Waals surface area contributed by atoms with Gasteiger partial charge in [-0.2, -0.15) is 0 Å². The Morgan fingerprint density at radius 1 is 0.950 bits per heavy atom. The number of hydrogen-bond acceptors (Lipinski definition) is 1. The molecule has 0 saturated carbocycles. The second kappa shape index (κ2) is 11.1. The Labute approximate surface area is 127 Å². The van der Waals surface area contributed by atoms with E-state index in [2.05, 4.69) is 32.9 Å². The van der Waals surface area contributed by atoms with Gasteiger partial charge in [0.1, 0.15) is 0 Å². The minimum atomic E-state index is -0.494. The highest BCUT2D eigenvalue weighted by molar-refractivity contribution is 5.03. The summed E-state index contributed by atoms with van der Waals surface area (Å²) in [6, 6.07) is 0. The molecule has 0 aliphatic heterocycles. The van der Waals surface area contributed by atoms with Crippen LogP contribution in [0.2, 0.25) is 0 Å². The second-order valence-corrected chi connectivity index (χ2v) is 6.49. The van der Waals surface area contributed by atoms with E-state index in [1.165, 1.54) is 31.3 Å². The Kier molecular flexibility index (Phi) is 10.8. The molecule has 118 valence electrons. The van der Waals surface area contributed by atoms with Crippen molar-refractivity contribution < 1.29 is 5.11 Å². The average molecular weight is 280 g/mol. The Hall–Kier alpha value is -0.560. The van der Waals surface area contributed by atoms with Gasteiger partial charge in [-0.05, 0) is 65.7 Å². The molecule has 0 aromatic rings. The predicted octanol–water partition coefficient (Wildman–Crippen LogP) is 6.18. The number of aliphatic hydroxyl groups is 1. The van der Waals surface area contributed by atoms with Crippen LogP contribution in [-0.2, 0) is 0 Å². The fraction of sp³-hybridized carbons (Fsp3) is 0.789. The number of unbranched alkanes of at least 4 members (excludes halogenated alkanes) is 2. The maximum atomic E-state index is 9.95. The average Bonchev–Trinajstić information content (AvgIpc) is 2.39. The van der Waals surface area contributed by atoms with Crippen LogP contribution in [0, 0.1) is 0 Å². The first-order chi connectivity index (χ1) is 9.41. The van der Waals surface area contributed by atoms with Crippen molar-refractivity contribution >= 4 is 0 Å². The van der Waals surface area contributed by atoms with Gasteiger partial charge in [-0.3, -0.25) is 0 Å². The van der Waals surface area contributed by atoms with Crippen molar-refractivity contribution in [3.05, 3.63) is 23.3 Å². The van der Waals surface area contributed by atoms with E-state index < -0.39 is 5.60 Å². The van der Waals surface area contributed by atoms with E-state index in [-0.39, 0.29) is 0 Å². The summed E-state index contributed by atoms with van der Waals surface area (Å²) >= 11 is 0. The molecule has 20 heavy (non-hydrogen) atoms. The third-order valence-corrected chi connectivity index (χ3v) is 4.14. The van der Waals surface area contributed by atoms with E-state index in [0.717, 1.165) is 32.1 Å². The predicted molar refractivity (Wildman–Crippen MR) is 91.0 cm³/mol. The van der Waals surface area contributed by atoms with Crippen molar-refractivity contribution in [1.82, 2.24) is 0 Å². The minimum absolute atomic E-state index is 0.494. The van der Waals surface area contributed by atoms with Gasteiger partial charge in [0.05, 0.1) is 5.60 Å². The summed E-state index contributed by atoms with van der Waals surface area (Å²) < 4.78 is 0. The number of rotatable bonds is 11. The van der Waals surface area contributed by atoms with Gasteiger partial charge in [-0.15, -0.1) is 0 Å². The van der Waals surface area contributed by atoms with E-state index in [9.17, 15) is 5.11 Å². The van der Waals surface area contributed by atoms with Crippen LogP contribution in [-0.4, -0.2) is 10.7 Å². The van der Waals surface area contributed by atoms with Crippen LogP contribution >= 0.6 is 0 Å². The van der Waals surface area contributed by atoms with Gasteiger partial charge < -0.3 is 5.11 Å². The Balaban J connectivity index is 3.86. The van der Waals surface area contributed by atoms with E-state index >= 15 is 0 Å². The first kappa shape index (κ1) is 19.4. The molecule has 0 spiro atoms. The highest BCUT2D eigenvalue weighted by atomic mass is 16.3. The highest BCUT2D eigenvalue weighted by Crippen LogP contribution is 2.18. The fourth-order valence-electron chi connectivity index (χ4n) is 2.21. The van der Waals surface area contributed by atoms with Crippen LogP contribution in [0.5, 0.6) is 0 Å². The summed E-state index contributed by atoms with van der Waals surface area (Å²) in [6.07, 6.45) is 14.9. The molecule has 0 aromatic heterocycles. The molecule has 0 aliphatic rings. The third-order valence-electron chi connectivity index (χ3n) is 4.14. The zero-order valence-electron chi connectivity index (χ0n) is 14.5. The smallest absolute Gasteiger partial charge is 0.0620 e. The lowest BCUT2D eigenvalue weighted by Crippen LogP contribution is -2.21. The van der Waals surface area contributed by atoms with Gasteiger partial charge in [0.15, 0.2) is 0 Å². The summed E-state index contributed by atoms with van der Waals surface area (Å²) in [5.41, 5.74) is 2.50. The fourth-order valence-corrected chi connectivity index (χ4v) is 2.21. The SMILES string of the molecule is CCCCCC(C)=CCCC(C)=CCCC(C)(O)CC. The maximum absolute atomic E-state index is 9.95. The van der Waals surface area contributed by atoms with Gasteiger partial charge in [0.2, 0.25) is 0 Å². The van der Waals surface area contributed by atoms with E-state index in [4.69, 9.17) is 0 Å². The molecule has 0 aromatic carbocycles. The zero-order chi connectivity index (χ0) is 15.4. The lowest BCUT2D eigenvalue weighted by atomic mass is 9.96. The van der Waals surface area contributed by atoms with Crippen LogP contribution in [0.4, 0.5) is 0 Å². The van der Waals surface area contributed by atoms with E-state index in [0.29, 0.717) is 0 Å². The first-order valence-corrected chi connectivity index (χ1v) is 8.45. The molecular weight excluding hydrogens is 244 g/mol. The standard InChI is InChI=1S/C19H36O/c1-6-8-9-12-17(3)13-10-14-18(4)15-11-16-19(5,20)7-2/h13,15,20H,6-12,14,16H2,1-5H3. The largest absolute Gasteiger partial charge is 0.390 e. The van der Waals surface area contributed by atoms with Gasteiger partial charge >= 0.3 is 0 Å². The zero-order valence-corrected chi connectivity index (χ0v) is 14.5. The van der Waals surface area contributed by atoms with Crippen molar-refractivity contribution in [2.75, 3.05) is 0 Å². The first-order valence-electron chi connectivity index (χ1n) is 8.45. The normalized spacial score (nSPS) is 16.3. The topological polar surface area (TPSA) is 20.2 Å². The van der Waals surface area contributed by atoms with Crippen LogP contribution in [0.1, 0.15) is 92.4 Å². The Bertz CT molecular complexity index is 297. The van der Waals surface area contributed by atoms with Gasteiger partial charge in [0.25, 0.3) is 0 Å². The molecule has 1 heteroatoms. The summed E-state index contributed by atoms with van der Waals surface area (Å²) in [5, 5.41) is 9.95. The van der Waals surface area contributed by atoms with Crippen LogP contribution in [0.15, 0.2) is 23.3 Å². The molecule has 1 N–H and O–H groups in total. The molecule has 1 unspecified atom stereocenters. The molecule has 1 nitrogen and oxygen atoms in total. The van der Waals surface area contributed by atoms with Crippen LogP contribution in [0.3, 0.4) is 0 Å². The summed E-state index contributed by atoms with van der Waals surface area (Å²) in [5.74, 6) is 0. The van der Waals surface area contributed by atoms with Crippen LogP contribution in [0.25, 0.3) is 0 Å². The highest BCUT2D eigenvalue weighted by Gasteiger charge is 2.15. The van der Waals surface area contributed by atoms with Gasteiger partial charge in [-0.25, -0.2) is 0 Å². The minimum Gasteiger partial charge on any atom is -0.390 e. The molecule has 0 fully saturated rings. The number of allylic oxidation sites excluding steroid dienone is 4. The summed E-state index contributed by atoms with van der Waals surface area (Å²) in [6.45, 7) is 10.7. The molecule has 0 bridgehead atoms.